The molecule has 0 aromatic rings. The summed E-state index contributed by atoms with van der Waals surface area (Å²) in [6.45, 7) is 4.93. The van der Waals surface area contributed by atoms with Gasteiger partial charge in [0.25, 0.3) is 0 Å². The van der Waals surface area contributed by atoms with E-state index < -0.39 is 15.9 Å². The van der Waals surface area contributed by atoms with E-state index in [0.717, 1.165) is 12.8 Å². The van der Waals surface area contributed by atoms with Gasteiger partial charge in [0.2, 0.25) is 0 Å². The van der Waals surface area contributed by atoms with Crippen LogP contribution in [0.3, 0.4) is 0 Å². The molecule has 0 bridgehead atoms. The first kappa shape index (κ1) is 18.9. The average Bonchev–Trinajstić information content (AvgIpc) is 2.49. The summed E-state index contributed by atoms with van der Waals surface area (Å²) in [6, 6.07) is 0. The second kappa shape index (κ2) is 9.77. The number of aliphatic hydroxyl groups excluding tert-OH is 1. The topological polar surface area (TPSA) is 75.6 Å². The highest BCUT2D eigenvalue weighted by atomic mass is 32.2. The normalized spacial score (nSPS) is 24.9. The first-order valence-corrected chi connectivity index (χ1v) is 10.0. The summed E-state index contributed by atoms with van der Waals surface area (Å²) in [5.74, 6) is 0.909. The van der Waals surface area contributed by atoms with E-state index in [0.29, 0.717) is 25.6 Å². The summed E-state index contributed by atoms with van der Waals surface area (Å²) in [7, 11) is -2.93. The van der Waals surface area contributed by atoms with Crippen LogP contribution in [0.4, 0.5) is 0 Å². The fourth-order valence-electron chi connectivity index (χ4n) is 2.79. The number of aliphatic hydroxyl groups is 1. The standard InChI is InChI=1S/C15H31NO4S/c1-3-13-7-5-6-8-15(13)20-12-14(17)11-16-9-10-21(18,19)4-2/h13-17H,3-12H2,1-2H3. The van der Waals surface area contributed by atoms with E-state index >= 15 is 0 Å². The van der Waals surface area contributed by atoms with Gasteiger partial charge in [-0.25, -0.2) is 8.42 Å². The lowest BCUT2D eigenvalue weighted by atomic mass is 9.85. The molecule has 1 fully saturated rings. The zero-order chi connectivity index (χ0) is 15.7. The van der Waals surface area contributed by atoms with Crippen LogP contribution in [0.15, 0.2) is 0 Å². The Morgan fingerprint density at radius 1 is 1.29 bits per heavy atom. The highest BCUT2D eigenvalue weighted by Crippen LogP contribution is 2.29. The fourth-order valence-corrected chi connectivity index (χ4v) is 3.54. The van der Waals surface area contributed by atoms with E-state index in [4.69, 9.17) is 4.74 Å². The molecule has 2 N–H and O–H groups in total. The van der Waals surface area contributed by atoms with Crippen LogP contribution in [0.1, 0.15) is 46.0 Å². The van der Waals surface area contributed by atoms with Crippen LogP contribution >= 0.6 is 0 Å². The van der Waals surface area contributed by atoms with Gasteiger partial charge in [-0.1, -0.05) is 33.1 Å². The highest BCUT2D eigenvalue weighted by Gasteiger charge is 2.24. The molecular weight excluding hydrogens is 290 g/mol. The van der Waals surface area contributed by atoms with Crippen molar-refractivity contribution in [1.29, 1.82) is 0 Å². The van der Waals surface area contributed by atoms with Crippen molar-refractivity contribution in [3.63, 3.8) is 0 Å². The molecule has 21 heavy (non-hydrogen) atoms. The quantitative estimate of drug-likeness (QED) is 0.594. The molecule has 1 saturated carbocycles. The largest absolute Gasteiger partial charge is 0.389 e. The van der Waals surface area contributed by atoms with Crippen LogP contribution in [-0.4, -0.2) is 56.9 Å². The Labute approximate surface area is 129 Å². The predicted molar refractivity (Wildman–Crippen MR) is 85.2 cm³/mol. The molecule has 0 saturated heterocycles. The monoisotopic (exact) mass is 321 g/mol. The molecule has 0 radical (unpaired) electrons. The van der Waals surface area contributed by atoms with Crippen molar-refractivity contribution in [2.24, 2.45) is 5.92 Å². The summed E-state index contributed by atoms with van der Waals surface area (Å²) >= 11 is 0. The Kier molecular flexibility index (Phi) is 8.78. The SMILES string of the molecule is CCC1CCCCC1OCC(O)CNCCS(=O)(=O)CC. The lowest BCUT2D eigenvalue weighted by molar-refractivity contribution is -0.0497. The van der Waals surface area contributed by atoms with Crippen LogP contribution in [-0.2, 0) is 14.6 Å². The third-order valence-electron chi connectivity index (χ3n) is 4.28. The summed E-state index contributed by atoms with van der Waals surface area (Å²) in [5, 5.41) is 12.9. The van der Waals surface area contributed by atoms with Crippen LogP contribution in [0, 0.1) is 5.92 Å². The van der Waals surface area contributed by atoms with Crippen molar-refractivity contribution in [3.8, 4) is 0 Å². The van der Waals surface area contributed by atoms with Crippen LogP contribution in [0.5, 0.6) is 0 Å². The van der Waals surface area contributed by atoms with Gasteiger partial charge < -0.3 is 15.2 Å². The summed E-state index contributed by atoms with van der Waals surface area (Å²) in [5.41, 5.74) is 0. The van der Waals surface area contributed by atoms with Gasteiger partial charge in [-0.3, -0.25) is 0 Å². The Morgan fingerprint density at radius 3 is 2.67 bits per heavy atom. The van der Waals surface area contributed by atoms with Crippen molar-refractivity contribution in [2.75, 3.05) is 31.2 Å². The van der Waals surface area contributed by atoms with Crippen LogP contribution < -0.4 is 5.32 Å². The van der Waals surface area contributed by atoms with Gasteiger partial charge in [0, 0.05) is 18.8 Å². The van der Waals surface area contributed by atoms with Crippen molar-refractivity contribution >= 4 is 9.84 Å². The summed E-state index contributed by atoms with van der Waals surface area (Å²) < 4.78 is 28.5. The molecule has 0 aromatic carbocycles. The third kappa shape index (κ3) is 7.58. The first-order chi connectivity index (χ1) is 9.98. The van der Waals surface area contributed by atoms with Gasteiger partial charge in [0.05, 0.1) is 24.6 Å². The zero-order valence-corrected chi connectivity index (χ0v) is 14.2. The molecule has 3 atom stereocenters. The van der Waals surface area contributed by atoms with Gasteiger partial charge in [-0.05, 0) is 18.8 Å². The van der Waals surface area contributed by atoms with Crippen LogP contribution in [0.25, 0.3) is 0 Å². The summed E-state index contributed by atoms with van der Waals surface area (Å²) in [4.78, 5) is 0. The number of ether oxygens (including phenoxy) is 1. The Morgan fingerprint density at radius 2 is 2.00 bits per heavy atom. The van der Waals surface area contributed by atoms with Gasteiger partial charge in [0.15, 0.2) is 9.84 Å². The number of nitrogens with one attached hydrogen (secondary N) is 1. The minimum absolute atomic E-state index is 0.123. The highest BCUT2D eigenvalue weighted by molar-refractivity contribution is 7.91. The van der Waals surface area contributed by atoms with E-state index in [-0.39, 0.29) is 17.6 Å². The number of hydrogen-bond donors (Lipinski definition) is 2. The third-order valence-corrected chi connectivity index (χ3v) is 5.98. The molecule has 1 aliphatic rings. The molecular formula is C15H31NO4S. The molecule has 1 aliphatic carbocycles. The zero-order valence-electron chi connectivity index (χ0n) is 13.4. The second-order valence-corrected chi connectivity index (χ2v) is 8.39. The summed E-state index contributed by atoms with van der Waals surface area (Å²) in [6.07, 6.45) is 5.65. The number of sulfone groups is 1. The molecule has 126 valence electrons. The first-order valence-electron chi connectivity index (χ1n) is 8.19. The number of hydrogen-bond acceptors (Lipinski definition) is 5. The van der Waals surface area contributed by atoms with E-state index in [1.165, 1.54) is 19.3 Å². The lowest BCUT2D eigenvalue weighted by Crippen LogP contribution is -2.36. The molecule has 0 spiro atoms. The molecule has 0 aliphatic heterocycles. The molecule has 0 heterocycles. The van der Waals surface area contributed by atoms with E-state index in [1.54, 1.807) is 6.92 Å². The molecule has 0 aromatic heterocycles. The molecule has 1 rings (SSSR count). The molecule has 5 nitrogen and oxygen atoms in total. The molecule has 6 heteroatoms. The lowest BCUT2D eigenvalue weighted by Gasteiger charge is -2.31. The van der Waals surface area contributed by atoms with E-state index in [1.807, 2.05) is 0 Å². The van der Waals surface area contributed by atoms with Crippen LogP contribution in [0.2, 0.25) is 0 Å². The maximum atomic E-state index is 11.3. The maximum Gasteiger partial charge on any atom is 0.151 e. The van der Waals surface area contributed by atoms with Crippen molar-refractivity contribution < 1.29 is 18.3 Å². The van der Waals surface area contributed by atoms with Crippen molar-refractivity contribution in [3.05, 3.63) is 0 Å². The Hall–Kier alpha value is -0.170. The smallest absolute Gasteiger partial charge is 0.151 e. The minimum atomic E-state index is -2.93. The van der Waals surface area contributed by atoms with Gasteiger partial charge >= 0.3 is 0 Å². The molecule has 3 unspecified atom stereocenters. The minimum Gasteiger partial charge on any atom is -0.389 e. The van der Waals surface area contributed by atoms with E-state index in [2.05, 4.69) is 12.2 Å². The van der Waals surface area contributed by atoms with Crippen molar-refractivity contribution in [1.82, 2.24) is 5.32 Å². The fraction of sp³-hybridized carbons (Fsp3) is 1.00. The van der Waals surface area contributed by atoms with Gasteiger partial charge in [0.1, 0.15) is 0 Å². The predicted octanol–water partition coefficient (Wildman–Crippen LogP) is 1.36. The average molecular weight is 321 g/mol. The Bertz CT molecular complexity index is 372. The number of rotatable bonds is 10. The molecule has 0 amide bonds. The second-order valence-electron chi connectivity index (χ2n) is 5.92. The van der Waals surface area contributed by atoms with Gasteiger partial charge in [-0.2, -0.15) is 0 Å². The van der Waals surface area contributed by atoms with E-state index in [9.17, 15) is 13.5 Å². The van der Waals surface area contributed by atoms with Crippen molar-refractivity contribution in [2.45, 2.75) is 58.2 Å². The van der Waals surface area contributed by atoms with Gasteiger partial charge in [-0.15, -0.1) is 0 Å². The maximum absolute atomic E-state index is 11.3. The Balaban J connectivity index is 2.14.